The summed E-state index contributed by atoms with van der Waals surface area (Å²) in [6, 6.07) is 6.03. The van der Waals surface area contributed by atoms with Gasteiger partial charge in [0.15, 0.2) is 0 Å². The fourth-order valence-corrected chi connectivity index (χ4v) is 2.47. The smallest absolute Gasteiger partial charge is 0.226 e. The molecule has 0 aliphatic carbocycles. The molecule has 1 aromatic carbocycles. The Hall–Kier alpha value is -1.79. The minimum Gasteiger partial charge on any atom is -0.395 e. The summed E-state index contributed by atoms with van der Waals surface area (Å²) in [5, 5.41) is 8.77. The third-order valence-corrected chi connectivity index (χ3v) is 3.42. The van der Waals surface area contributed by atoms with Gasteiger partial charge in [-0.1, -0.05) is 18.3 Å². The van der Waals surface area contributed by atoms with Gasteiger partial charge in [-0.25, -0.2) is 0 Å². The molecule has 1 saturated heterocycles. The Morgan fingerprint density at radius 2 is 2.10 bits per heavy atom. The van der Waals surface area contributed by atoms with Gasteiger partial charge in [-0.05, 0) is 43.5 Å². The highest BCUT2D eigenvalue weighted by atomic mass is 16.2. The number of carbonyl (C=O) groups excluding carboxylic acids is 1. The fourth-order valence-electron chi connectivity index (χ4n) is 2.47. The number of aryl methyl sites for hydroxylation is 1. The maximum Gasteiger partial charge on any atom is 0.226 e. The molecule has 3 heteroatoms. The average Bonchev–Trinajstić information content (AvgIpc) is 2.63. The van der Waals surface area contributed by atoms with Crippen LogP contribution in [0.2, 0.25) is 0 Å². The van der Waals surface area contributed by atoms with Crippen LogP contribution in [-0.2, 0) is 4.79 Å². The van der Waals surface area contributed by atoms with Crippen LogP contribution in [-0.4, -0.2) is 24.2 Å². The van der Waals surface area contributed by atoms with Crippen LogP contribution in [0.5, 0.6) is 0 Å². The van der Waals surface area contributed by atoms with E-state index in [0.29, 0.717) is 12.8 Å². The second-order valence-corrected chi connectivity index (χ2v) is 5.19. The van der Waals surface area contributed by atoms with Crippen LogP contribution >= 0.6 is 0 Å². The van der Waals surface area contributed by atoms with Crippen molar-refractivity contribution < 1.29 is 9.90 Å². The number of amides is 1. The molecule has 0 radical (unpaired) electrons. The summed E-state index contributed by atoms with van der Waals surface area (Å²) in [5.74, 6) is 6.19. The van der Waals surface area contributed by atoms with Crippen LogP contribution in [0.1, 0.15) is 43.2 Å². The predicted molar refractivity (Wildman–Crippen MR) is 80.6 cm³/mol. The van der Waals surface area contributed by atoms with Gasteiger partial charge in [-0.2, -0.15) is 0 Å². The van der Waals surface area contributed by atoms with Gasteiger partial charge in [0.2, 0.25) is 5.91 Å². The van der Waals surface area contributed by atoms with Gasteiger partial charge in [-0.3, -0.25) is 4.79 Å². The van der Waals surface area contributed by atoms with Crippen molar-refractivity contribution in [2.24, 2.45) is 0 Å². The summed E-state index contributed by atoms with van der Waals surface area (Å²) in [6.07, 6.45) is 4.29. The van der Waals surface area contributed by atoms with E-state index in [-0.39, 0.29) is 12.5 Å². The number of rotatable bonds is 2. The number of aliphatic hydroxyl groups is 1. The van der Waals surface area contributed by atoms with Crippen molar-refractivity contribution in [2.45, 2.75) is 39.0 Å². The van der Waals surface area contributed by atoms with Gasteiger partial charge < -0.3 is 10.0 Å². The van der Waals surface area contributed by atoms with Crippen molar-refractivity contribution in [3.05, 3.63) is 29.3 Å². The van der Waals surface area contributed by atoms with Crippen molar-refractivity contribution in [2.75, 3.05) is 18.1 Å². The Bertz CT molecular complexity index is 540. The number of hydrogen-bond acceptors (Lipinski definition) is 2. The number of benzene rings is 1. The van der Waals surface area contributed by atoms with Crippen LogP contribution in [0, 0.1) is 18.8 Å². The van der Waals surface area contributed by atoms with Crippen LogP contribution < -0.4 is 4.90 Å². The summed E-state index contributed by atoms with van der Waals surface area (Å²) in [7, 11) is 0. The Morgan fingerprint density at radius 1 is 1.25 bits per heavy atom. The zero-order chi connectivity index (χ0) is 14.4. The van der Waals surface area contributed by atoms with Crippen LogP contribution in [0.4, 0.5) is 5.69 Å². The lowest BCUT2D eigenvalue weighted by Gasteiger charge is -2.21. The van der Waals surface area contributed by atoms with Crippen LogP contribution in [0.25, 0.3) is 0 Å². The molecule has 1 amide bonds. The van der Waals surface area contributed by atoms with Gasteiger partial charge in [0.05, 0.1) is 6.61 Å². The molecule has 0 unspecified atom stereocenters. The number of nitrogens with zero attached hydrogens (tertiary/aromatic N) is 1. The van der Waals surface area contributed by atoms with E-state index in [1.165, 1.54) is 0 Å². The zero-order valence-electron chi connectivity index (χ0n) is 12.0. The maximum absolute atomic E-state index is 12.2. The summed E-state index contributed by atoms with van der Waals surface area (Å²) in [4.78, 5) is 14.0. The Labute approximate surface area is 120 Å². The van der Waals surface area contributed by atoms with E-state index in [1.807, 2.05) is 30.0 Å². The normalized spacial score (nSPS) is 15.5. The molecule has 20 heavy (non-hydrogen) atoms. The quantitative estimate of drug-likeness (QED) is 0.840. The first-order valence-corrected chi connectivity index (χ1v) is 7.22. The second-order valence-electron chi connectivity index (χ2n) is 5.19. The molecule has 0 atom stereocenters. The summed E-state index contributed by atoms with van der Waals surface area (Å²) < 4.78 is 0. The van der Waals surface area contributed by atoms with E-state index in [2.05, 4.69) is 11.8 Å². The second kappa shape index (κ2) is 7.12. The van der Waals surface area contributed by atoms with Crippen LogP contribution in [0.15, 0.2) is 18.2 Å². The maximum atomic E-state index is 12.2. The molecule has 1 heterocycles. The minimum absolute atomic E-state index is 0.0796. The molecule has 2 rings (SSSR count). The molecule has 1 aliphatic rings. The molecule has 1 fully saturated rings. The van der Waals surface area contributed by atoms with E-state index in [1.54, 1.807) is 0 Å². The molecule has 0 bridgehead atoms. The van der Waals surface area contributed by atoms with Gasteiger partial charge in [0, 0.05) is 30.6 Å². The highest BCUT2D eigenvalue weighted by molar-refractivity contribution is 5.93. The number of carbonyl (C=O) groups is 1. The molecular formula is C17H21NO2. The molecule has 0 aromatic heterocycles. The van der Waals surface area contributed by atoms with Crippen molar-refractivity contribution in [1.82, 2.24) is 0 Å². The number of hydrogen-bond donors (Lipinski definition) is 1. The highest BCUT2D eigenvalue weighted by Crippen LogP contribution is 2.23. The third-order valence-electron chi connectivity index (χ3n) is 3.42. The topological polar surface area (TPSA) is 40.5 Å². The summed E-state index contributed by atoms with van der Waals surface area (Å²) >= 11 is 0. The van der Waals surface area contributed by atoms with Gasteiger partial charge in [0.1, 0.15) is 0 Å². The monoisotopic (exact) mass is 271 g/mol. The van der Waals surface area contributed by atoms with Gasteiger partial charge in [-0.15, -0.1) is 0 Å². The van der Waals surface area contributed by atoms with Crippen molar-refractivity contribution in [1.29, 1.82) is 0 Å². The largest absolute Gasteiger partial charge is 0.395 e. The zero-order valence-corrected chi connectivity index (χ0v) is 12.0. The molecule has 106 valence electrons. The molecule has 0 spiro atoms. The van der Waals surface area contributed by atoms with Gasteiger partial charge in [0.25, 0.3) is 0 Å². The molecule has 1 N–H and O–H groups in total. The Kier molecular flexibility index (Phi) is 5.20. The van der Waals surface area contributed by atoms with Crippen molar-refractivity contribution >= 4 is 11.6 Å². The minimum atomic E-state index is 0.0796. The lowest BCUT2D eigenvalue weighted by Crippen LogP contribution is -2.30. The summed E-state index contributed by atoms with van der Waals surface area (Å²) in [6.45, 7) is 2.89. The Balaban J connectivity index is 2.27. The van der Waals surface area contributed by atoms with Crippen molar-refractivity contribution in [3.63, 3.8) is 0 Å². The lowest BCUT2D eigenvalue weighted by atomic mass is 10.1. The molecular weight excluding hydrogens is 250 g/mol. The fraction of sp³-hybridized carbons (Fsp3) is 0.471. The average molecular weight is 271 g/mol. The molecule has 1 aromatic rings. The van der Waals surface area contributed by atoms with E-state index in [0.717, 1.165) is 42.6 Å². The standard InChI is InChI=1S/C17H21NO2/c1-14-11-15(7-4-6-10-19)13-16(12-14)18-9-5-2-3-8-17(18)20/h11-13,19H,2-3,5-6,8-10H2,1H3. The first kappa shape index (κ1) is 14.6. The van der Waals surface area contributed by atoms with E-state index in [4.69, 9.17) is 5.11 Å². The van der Waals surface area contributed by atoms with Crippen molar-refractivity contribution in [3.8, 4) is 11.8 Å². The van der Waals surface area contributed by atoms with E-state index < -0.39 is 0 Å². The van der Waals surface area contributed by atoms with E-state index >= 15 is 0 Å². The highest BCUT2D eigenvalue weighted by Gasteiger charge is 2.18. The van der Waals surface area contributed by atoms with Gasteiger partial charge >= 0.3 is 0 Å². The van der Waals surface area contributed by atoms with Crippen LogP contribution in [0.3, 0.4) is 0 Å². The lowest BCUT2D eigenvalue weighted by molar-refractivity contribution is -0.118. The molecule has 1 aliphatic heterocycles. The Morgan fingerprint density at radius 3 is 2.90 bits per heavy atom. The SMILES string of the molecule is Cc1cc(C#CCCO)cc(N2CCCCCC2=O)c1. The number of aliphatic hydroxyl groups excluding tert-OH is 1. The predicted octanol–water partition coefficient (Wildman–Crippen LogP) is 2.64. The summed E-state index contributed by atoms with van der Waals surface area (Å²) in [5.41, 5.74) is 2.96. The molecule has 3 nitrogen and oxygen atoms in total. The third kappa shape index (κ3) is 3.85. The van der Waals surface area contributed by atoms with E-state index in [9.17, 15) is 4.79 Å². The number of anilines is 1. The molecule has 0 saturated carbocycles. The first-order chi connectivity index (χ1) is 9.70. The first-order valence-electron chi connectivity index (χ1n) is 7.22.